The van der Waals surface area contributed by atoms with Crippen molar-refractivity contribution in [3.63, 3.8) is 0 Å². The summed E-state index contributed by atoms with van der Waals surface area (Å²) in [7, 11) is 0. The lowest BCUT2D eigenvalue weighted by atomic mass is 9.99. The Morgan fingerprint density at radius 2 is 1.94 bits per heavy atom. The fourth-order valence-corrected chi connectivity index (χ4v) is 2.45. The molecule has 1 unspecified atom stereocenters. The quantitative estimate of drug-likeness (QED) is 0.783. The molecule has 0 radical (unpaired) electrons. The van der Waals surface area contributed by atoms with Crippen LogP contribution in [-0.2, 0) is 12.8 Å². The van der Waals surface area contributed by atoms with Gasteiger partial charge < -0.3 is 0 Å². The highest BCUT2D eigenvalue weighted by Gasteiger charge is 2.30. The molecule has 0 bridgehead atoms. The van der Waals surface area contributed by atoms with E-state index < -0.39 is 0 Å². The Labute approximate surface area is 100 Å². The first kappa shape index (κ1) is 10.2. The summed E-state index contributed by atoms with van der Waals surface area (Å²) >= 11 is 0. The fourth-order valence-electron chi connectivity index (χ4n) is 2.45. The number of pyridine rings is 1. The van der Waals surface area contributed by atoms with Gasteiger partial charge in [0.25, 0.3) is 0 Å². The molecule has 17 heavy (non-hydrogen) atoms. The SMILES string of the molecule is O=C1c2ccccc2CC1Cc1ccccn1. The fraction of sp³-hybridized carbons (Fsp3) is 0.200. The highest BCUT2D eigenvalue weighted by atomic mass is 16.1. The van der Waals surface area contributed by atoms with Crippen molar-refractivity contribution >= 4 is 5.78 Å². The number of carbonyl (C=O) groups is 1. The van der Waals surface area contributed by atoms with Crippen LogP contribution in [0.15, 0.2) is 48.7 Å². The van der Waals surface area contributed by atoms with Gasteiger partial charge in [0.1, 0.15) is 0 Å². The van der Waals surface area contributed by atoms with Gasteiger partial charge in [0.05, 0.1) is 0 Å². The Morgan fingerprint density at radius 1 is 1.12 bits per heavy atom. The van der Waals surface area contributed by atoms with Gasteiger partial charge in [-0.3, -0.25) is 9.78 Å². The van der Waals surface area contributed by atoms with Gasteiger partial charge in [-0.05, 0) is 24.1 Å². The van der Waals surface area contributed by atoms with Crippen molar-refractivity contribution in [1.29, 1.82) is 0 Å². The molecule has 1 heterocycles. The zero-order valence-corrected chi connectivity index (χ0v) is 9.47. The van der Waals surface area contributed by atoms with Crippen molar-refractivity contribution in [1.82, 2.24) is 4.98 Å². The number of ketones is 1. The minimum absolute atomic E-state index is 0.0716. The Balaban J connectivity index is 1.83. The lowest BCUT2D eigenvalue weighted by Crippen LogP contribution is -2.12. The summed E-state index contributed by atoms with van der Waals surface area (Å²) in [6.45, 7) is 0. The average molecular weight is 223 g/mol. The predicted octanol–water partition coefficient (Wildman–Crippen LogP) is 2.68. The van der Waals surface area contributed by atoms with E-state index in [9.17, 15) is 4.79 Å². The van der Waals surface area contributed by atoms with E-state index in [0.29, 0.717) is 0 Å². The van der Waals surface area contributed by atoms with Crippen LogP contribution in [0.1, 0.15) is 21.6 Å². The van der Waals surface area contributed by atoms with Crippen molar-refractivity contribution in [3.8, 4) is 0 Å². The first-order chi connectivity index (χ1) is 8.34. The van der Waals surface area contributed by atoms with E-state index >= 15 is 0 Å². The molecule has 0 aliphatic heterocycles. The normalized spacial score (nSPS) is 18.1. The molecule has 0 amide bonds. The number of benzene rings is 1. The molecule has 0 fully saturated rings. The van der Waals surface area contributed by atoms with Gasteiger partial charge in [0.2, 0.25) is 0 Å². The number of hydrogen-bond donors (Lipinski definition) is 0. The second-order valence-electron chi connectivity index (χ2n) is 4.45. The monoisotopic (exact) mass is 223 g/mol. The standard InChI is InChI=1S/C15H13NO/c17-15-12(10-13-6-3-4-8-16-13)9-11-5-1-2-7-14(11)15/h1-8,12H,9-10H2. The van der Waals surface area contributed by atoms with Crippen molar-refractivity contribution in [2.45, 2.75) is 12.8 Å². The van der Waals surface area contributed by atoms with Crippen LogP contribution in [0.5, 0.6) is 0 Å². The highest BCUT2D eigenvalue weighted by molar-refractivity contribution is 6.02. The van der Waals surface area contributed by atoms with Crippen molar-refractivity contribution in [3.05, 3.63) is 65.5 Å². The van der Waals surface area contributed by atoms with E-state index in [2.05, 4.69) is 4.98 Å². The van der Waals surface area contributed by atoms with Gasteiger partial charge in [-0.1, -0.05) is 30.3 Å². The molecular weight excluding hydrogens is 210 g/mol. The number of rotatable bonds is 2. The number of aromatic nitrogens is 1. The third kappa shape index (κ3) is 1.86. The van der Waals surface area contributed by atoms with Crippen molar-refractivity contribution in [2.24, 2.45) is 5.92 Å². The Bertz CT molecular complexity index is 548. The first-order valence-electron chi connectivity index (χ1n) is 5.86. The predicted molar refractivity (Wildman–Crippen MR) is 65.9 cm³/mol. The molecule has 0 N–H and O–H groups in total. The van der Waals surface area contributed by atoms with Crippen LogP contribution in [-0.4, -0.2) is 10.8 Å². The average Bonchev–Trinajstić information content (AvgIpc) is 2.68. The van der Waals surface area contributed by atoms with Crippen LogP contribution in [0.25, 0.3) is 0 Å². The minimum Gasteiger partial charge on any atom is -0.294 e. The van der Waals surface area contributed by atoms with Crippen molar-refractivity contribution in [2.75, 3.05) is 0 Å². The Kier molecular flexibility index (Phi) is 2.48. The maximum absolute atomic E-state index is 12.2. The molecule has 1 aliphatic rings. The Morgan fingerprint density at radius 3 is 2.71 bits per heavy atom. The van der Waals surface area contributed by atoms with E-state index in [1.807, 2.05) is 42.5 Å². The molecule has 0 saturated heterocycles. The Hall–Kier alpha value is -1.96. The van der Waals surface area contributed by atoms with Gasteiger partial charge >= 0.3 is 0 Å². The van der Waals surface area contributed by atoms with Gasteiger partial charge in [-0.15, -0.1) is 0 Å². The highest BCUT2D eigenvalue weighted by Crippen LogP contribution is 2.28. The molecule has 1 atom stereocenters. The van der Waals surface area contributed by atoms with Gasteiger partial charge in [-0.2, -0.15) is 0 Å². The zero-order valence-electron chi connectivity index (χ0n) is 9.47. The molecule has 0 saturated carbocycles. The first-order valence-corrected chi connectivity index (χ1v) is 5.86. The van der Waals surface area contributed by atoms with Crippen molar-refractivity contribution < 1.29 is 4.79 Å². The maximum Gasteiger partial charge on any atom is 0.166 e. The van der Waals surface area contributed by atoms with Crippen LogP contribution in [0, 0.1) is 5.92 Å². The zero-order chi connectivity index (χ0) is 11.7. The van der Waals surface area contributed by atoms with E-state index in [1.165, 1.54) is 5.56 Å². The summed E-state index contributed by atoms with van der Waals surface area (Å²) in [5.41, 5.74) is 3.07. The lowest BCUT2D eigenvalue weighted by Gasteiger charge is -2.06. The number of hydrogen-bond acceptors (Lipinski definition) is 2. The molecule has 2 nitrogen and oxygen atoms in total. The largest absolute Gasteiger partial charge is 0.294 e. The van der Waals surface area contributed by atoms with Gasteiger partial charge in [0.15, 0.2) is 5.78 Å². The summed E-state index contributed by atoms with van der Waals surface area (Å²) in [6, 6.07) is 13.7. The molecule has 1 aliphatic carbocycles. The van der Waals surface area contributed by atoms with E-state index in [0.717, 1.165) is 24.1 Å². The lowest BCUT2D eigenvalue weighted by molar-refractivity contribution is 0.0935. The topological polar surface area (TPSA) is 30.0 Å². The van der Waals surface area contributed by atoms with E-state index in [1.54, 1.807) is 6.20 Å². The molecule has 3 rings (SSSR count). The summed E-state index contributed by atoms with van der Waals surface area (Å²) in [6.07, 6.45) is 3.38. The van der Waals surface area contributed by atoms with Gasteiger partial charge in [0, 0.05) is 29.8 Å². The number of Topliss-reactive ketones (excluding diaryl/α,β-unsaturated/α-hetero) is 1. The third-order valence-electron chi connectivity index (χ3n) is 3.30. The summed E-state index contributed by atoms with van der Waals surface area (Å²) in [5, 5.41) is 0. The van der Waals surface area contributed by atoms with E-state index in [-0.39, 0.29) is 11.7 Å². The van der Waals surface area contributed by atoms with Crippen LogP contribution in [0.3, 0.4) is 0 Å². The summed E-state index contributed by atoms with van der Waals surface area (Å²) < 4.78 is 0. The molecule has 0 spiro atoms. The maximum atomic E-state index is 12.2. The minimum atomic E-state index is 0.0716. The summed E-state index contributed by atoms with van der Waals surface area (Å²) in [5.74, 6) is 0.341. The van der Waals surface area contributed by atoms with Crippen LogP contribution in [0.2, 0.25) is 0 Å². The molecule has 1 aromatic carbocycles. The second-order valence-corrected chi connectivity index (χ2v) is 4.45. The van der Waals surface area contributed by atoms with Gasteiger partial charge in [-0.25, -0.2) is 0 Å². The smallest absolute Gasteiger partial charge is 0.166 e. The number of nitrogens with zero attached hydrogens (tertiary/aromatic N) is 1. The van der Waals surface area contributed by atoms with Crippen LogP contribution >= 0.6 is 0 Å². The molecule has 1 aromatic heterocycles. The summed E-state index contributed by atoms with van der Waals surface area (Å²) in [4.78, 5) is 16.5. The molecule has 2 aromatic rings. The van der Waals surface area contributed by atoms with Crippen LogP contribution < -0.4 is 0 Å². The number of carbonyl (C=O) groups excluding carboxylic acids is 1. The van der Waals surface area contributed by atoms with E-state index in [4.69, 9.17) is 0 Å². The molecule has 2 heteroatoms. The molecule has 84 valence electrons. The third-order valence-corrected chi connectivity index (χ3v) is 3.30. The number of fused-ring (bicyclic) bond motifs is 1. The second kappa shape index (κ2) is 4.13. The molecular formula is C15H13NO. The van der Waals surface area contributed by atoms with Crippen LogP contribution in [0.4, 0.5) is 0 Å².